The lowest BCUT2D eigenvalue weighted by molar-refractivity contribution is -0.122. The summed E-state index contributed by atoms with van der Waals surface area (Å²) in [5, 5.41) is 0. The maximum absolute atomic E-state index is 11.2. The highest BCUT2D eigenvalue weighted by Crippen LogP contribution is 2.30. The molecule has 0 radical (unpaired) electrons. The molecule has 1 saturated heterocycles. The van der Waals surface area contributed by atoms with Crippen LogP contribution in [0.3, 0.4) is 0 Å². The van der Waals surface area contributed by atoms with Gasteiger partial charge in [0.2, 0.25) is 0 Å². The first-order valence-corrected chi connectivity index (χ1v) is 5.88. The average Bonchev–Trinajstić information content (AvgIpc) is 2.31. The van der Waals surface area contributed by atoms with E-state index in [2.05, 4.69) is 36.1 Å². The van der Waals surface area contributed by atoms with Crippen molar-refractivity contribution in [3.8, 4) is 0 Å². The van der Waals surface area contributed by atoms with Crippen molar-refractivity contribution in [1.29, 1.82) is 0 Å². The lowest BCUT2D eigenvalue weighted by atomic mass is 9.85. The zero-order chi connectivity index (χ0) is 10.7. The second-order valence-corrected chi connectivity index (χ2v) is 4.47. The first-order chi connectivity index (χ1) is 7.27. The molecule has 15 heavy (non-hydrogen) atoms. The van der Waals surface area contributed by atoms with Crippen LogP contribution in [0.2, 0.25) is 0 Å². The van der Waals surface area contributed by atoms with Crippen LogP contribution >= 0.6 is 0 Å². The molecule has 1 unspecified atom stereocenters. The predicted octanol–water partition coefficient (Wildman–Crippen LogP) is 2.32. The van der Waals surface area contributed by atoms with E-state index in [1.165, 1.54) is 0 Å². The lowest BCUT2D eigenvalue weighted by Crippen LogP contribution is -2.50. The Labute approximate surface area is 91.6 Å². The van der Waals surface area contributed by atoms with Gasteiger partial charge in [-0.1, -0.05) is 31.2 Å². The molecule has 82 valence electrons. The minimum absolute atomic E-state index is 0.190. The van der Waals surface area contributed by atoms with Crippen LogP contribution in [0.4, 0.5) is 0 Å². The number of likely N-dealkylation sites (tertiary alicyclic amines) is 1. The summed E-state index contributed by atoms with van der Waals surface area (Å²) in [5.74, 6) is 0.424. The highest BCUT2D eigenvalue weighted by molar-refractivity contribution is 5.79. The van der Waals surface area contributed by atoms with Crippen molar-refractivity contribution in [3.63, 3.8) is 0 Å². The van der Waals surface area contributed by atoms with Gasteiger partial charge in [-0.2, -0.15) is 0 Å². The van der Waals surface area contributed by atoms with Gasteiger partial charge in [-0.3, -0.25) is 9.69 Å². The maximum atomic E-state index is 11.2. The van der Waals surface area contributed by atoms with Crippen LogP contribution in [0.1, 0.15) is 32.6 Å². The van der Waals surface area contributed by atoms with Crippen LogP contribution in [0.5, 0.6) is 0 Å². The lowest BCUT2D eigenvalue weighted by Gasteiger charge is -2.43. The molecule has 0 aromatic carbocycles. The zero-order valence-electron chi connectivity index (χ0n) is 9.41. The normalized spacial score (nSPS) is 32.2. The standard InChI is InChI=1S/C13H19NO/c1-2-13(8-4-3-5-9-13)14-10-6-12(15)7-11-14/h3-5,8H,2,6-7,9-11H2,1H3. The molecule has 1 heterocycles. The van der Waals surface area contributed by atoms with Gasteiger partial charge in [0, 0.05) is 31.5 Å². The number of rotatable bonds is 2. The Balaban J connectivity index is 2.09. The number of Topliss-reactive ketones (excluding diaryl/α,β-unsaturated/α-hetero) is 1. The number of carbonyl (C=O) groups is 1. The molecular formula is C13H19NO. The van der Waals surface area contributed by atoms with Gasteiger partial charge in [0.25, 0.3) is 0 Å². The molecule has 2 heteroatoms. The van der Waals surface area contributed by atoms with Gasteiger partial charge in [0.15, 0.2) is 0 Å². The number of ketones is 1. The van der Waals surface area contributed by atoms with Crippen LogP contribution in [-0.2, 0) is 4.79 Å². The van der Waals surface area contributed by atoms with Gasteiger partial charge in [-0.05, 0) is 12.8 Å². The number of carbonyl (C=O) groups excluding carboxylic acids is 1. The topological polar surface area (TPSA) is 20.3 Å². The molecule has 0 amide bonds. The van der Waals surface area contributed by atoms with Crippen LogP contribution in [0.25, 0.3) is 0 Å². The summed E-state index contributed by atoms with van der Waals surface area (Å²) in [4.78, 5) is 13.7. The SMILES string of the molecule is CCC1(N2CCC(=O)CC2)C=CC=CC1. The molecule has 2 aliphatic rings. The van der Waals surface area contributed by atoms with E-state index in [1.807, 2.05) is 0 Å². The van der Waals surface area contributed by atoms with E-state index in [1.54, 1.807) is 0 Å². The molecule has 1 aliphatic heterocycles. The summed E-state index contributed by atoms with van der Waals surface area (Å²) in [6.45, 7) is 4.11. The molecule has 0 spiro atoms. The second kappa shape index (κ2) is 4.31. The van der Waals surface area contributed by atoms with Crippen molar-refractivity contribution in [3.05, 3.63) is 24.3 Å². The smallest absolute Gasteiger partial charge is 0.135 e. The van der Waals surface area contributed by atoms with Gasteiger partial charge >= 0.3 is 0 Å². The van der Waals surface area contributed by atoms with Crippen molar-refractivity contribution in [2.75, 3.05) is 13.1 Å². The molecule has 1 fully saturated rings. The molecule has 0 N–H and O–H groups in total. The van der Waals surface area contributed by atoms with E-state index in [0.29, 0.717) is 5.78 Å². The summed E-state index contributed by atoms with van der Waals surface area (Å²) in [5.41, 5.74) is 0.190. The largest absolute Gasteiger partial charge is 0.300 e. The maximum Gasteiger partial charge on any atom is 0.135 e. The molecule has 0 aromatic heterocycles. The quantitative estimate of drug-likeness (QED) is 0.689. The van der Waals surface area contributed by atoms with Crippen molar-refractivity contribution in [1.82, 2.24) is 4.90 Å². The third-order valence-electron chi connectivity index (χ3n) is 3.69. The van der Waals surface area contributed by atoms with E-state index in [9.17, 15) is 4.79 Å². The number of hydrogen-bond donors (Lipinski definition) is 0. The second-order valence-electron chi connectivity index (χ2n) is 4.47. The Morgan fingerprint density at radius 1 is 1.33 bits per heavy atom. The highest BCUT2D eigenvalue weighted by atomic mass is 16.1. The van der Waals surface area contributed by atoms with Gasteiger partial charge < -0.3 is 0 Å². The summed E-state index contributed by atoms with van der Waals surface area (Å²) < 4.78 is 0. The number of piperidine rings is 1. The summed E-state index contributed by atoms with van der Waals surface area (Å²) in [6, 6.07) is 0. The third-order valence-corrected chi connectivity index (χ3v) is 3.69. The minimum atomic E-state index is 0.190. The van der Waals surface area contributed by atoms with Gasteiger partial charge in [0.05, 0.1) is 0 Å². The fraction of sp³-hybridized carbons (Fsp3) is 0.615. The Bertz CT molecular complexity index is 296. The molecule has 0 bridgehead atoms. The van der Waals surface area contributed by atoms with E-state index < -0.39 is 0 Å². The molecule has 2 rings (SSSR count). The minimum Gasteiger partial charge on any atom is -0.300 e. The Kier molecular flexibility index (Phi) is 3.06. The highest BCUT2D eigenvalue weighted by Gasteiger charge is 2.34. The molecule has 0 saturated carbocycles. The van der Waals surface area contributed by atoms with Crippen LogP contribution < -0.4 is 0 Å². The fourth-order valence-electron chi connectivity index (χ4n) is 2.58. The van der Waals surface area contributed by atoms with Crippen molar-refractivity contribution >= 4 is 5.78 Å². The van der Waals surface area contributed by atoms with Crippen molar-refractivity contribution < 1.29 is 4.79 Å². The molecule has 1 atom stereocenters. The molecule has 1 aliphatic carbocycles. The molecule has 0 aromatic rings. The van der Waals surface area contributed by atoms with Crippen molar-refractivity contribution in [2.45, 2.75) is 38.1 Å². The van der Waals surface area contributed by atoms with Crippen LogP contribution in [0.15, 0.2) is 24.3 Å². The third kappa shape index (κ3) is 2.05. The first kappa shape index (κ1) is 10.6. The van der Waals surface area contributed by atoms with Gasteiger partial charge in [0.1, 0.15) is 5.78 Å². The first-order valence-electron chi connectivity index (χ1n) is 5.88. The monoisotopic (exact) mass is 205 g/mol. The number of hydrogen-bond acceptors (Lipinski definition) is 2. The van der Waals surface area contributed by atoms with E-state index >= 15 is 0 Å². The van der Waals surface area contributed by atoms with Gasteiger partial charge in [-0.15, -0.1) is 0 Å². The summed E-state index contributed by atoms with van der Waals surface area (Å²) >= 11 is 0. The van der Waals surface area contributed by atoms with Gasteiger partial charge in [-0.25, -0.2) is 0 Å². The van der Waals surface area contributed by atoms with E-state index in [4.69, 9.17) is 0 Å². The predicted molar refractivity (Wildman–Crippen MR) is 61.7 cm³/mol. The van der Waals surface area contributed by atoms with E-state index in [-0.39, 0.29) is 5.54 Å². The summed E-state index contributed by atoms with van der Waals surface area (Å²) in [6.07, 6.45) is 12.5. The van der Waals surface area contributed by atoms with Crippen molar-refractivity contribution in [2.24, 2.45) is 0 Å². The Morgan fingerprint density at radius 3 is 2.60 bits per heavy atom. The number of nitrogens with zero attached hydrogens (tertiary/aromatic N) is 1. The van der Waals surface area contributed by atoms with Crippen LogP contribution in [-0.4, -0.2) is 29.3 Å². The molecule has 2 nitrogen and oxygen atoms in total. The van der Waals surface area contributed by atoms with Crippen LogP contribution in [0, 0.1) is 0 Å². The Morgan fingerprint density at radius 2 is 2.07 bits per heavy atom. The average molecular weight is 205 g/mol. The molecular weight excluding hydrogens is 186 g/mol. The fourth-order valence-corrected chi connectivity index (χ4v) is 2.58. The number of allylic oxidation sites excluding steroid dienone is 2. The summed E-state index contributed by atoms with van der Waals surface area (Å²) in [7, 11) is 0. The van der Waals surface area contributed by atoms with E-state index in [0.717, 1.165) is 38.8 Å². The zero-order valence-corrected chi connectivity index (χ0v) is 9.41. The Hall–Kier alpha value is -0.890.